The highest BCUT2D eigenvalue weighted by molar-refractivity contribution is 7.89. The van der Waals surface area contributed by atoms with Crippen molar-refractivity contribution in [3.8, 4) is 5.75 Å². The molecule has 114 valence electrons. The highest BCUT2D eigenvalue weighted by Gasteiger charge is 2.08. The van der Waals surface area contributed by atoms with Gasteiger partial charge in [-0.3, -0.25) is 0 Å². The van der Waals surface area contributed by atoms with Crippen LogP contribution in [0.4, 0.5) is 0 Å². The van der Waals surface area contributed by atoms with Crippen LogP contribution in [-0.4, -0.2) is 27.9 Å². The summed E-state index contributed by atoms with van der Waals surface area (Å²) in [7, 11) is -1.72. The summed E-state index contributed by atoms with van der Waals surface area (Å²) in [6.45, 7) is 3.13. The molecule has 2 N–H and O–H groups in total. The highest BCUT2D eigenvalue weighted by atomic mass is 32.2. The summed E-state index contributed by atoms with van der Waals surface area (Å²) in [6, 6.07) is 7.72. The quantitative estimate of drug-likeness (QED) is 0.707. The Bertz CT molecular complexity index is 502. The number of methoxy groups -OCH3 is 1. The topological polar surface area (TPSA) is 78.6 Å². The summed E-state index contributed by atoms with van der Waals surface area (Å²) in [5, 5.41) is 4.97. The highest BCUT2D eigenvalue weighted by Crippen LogP contribution is 2.14. The lowest BCUT2D eigenvalue weighted by molar-refractivity contribution is 0.108. The van der Waals surface area contributed by atoms with Crippen LogP contribution in [0, 0.1) is 5.92 Å². The van der Waals surface area contributed by atoms with Crippen LogP contribution >= 0.6 is 0 Å². The van der Waals surface area contributed by atoms with Gasteiger partial charge in [0, 0.05) is 6.61 Å². The average Bonchev–Trinajstić information content (AvgIpc) is 2.41. The van der Waals surface area contributed by atoms with Crippen molar-refractivity contribution < 1.29 is 17.9 Å². The Morgan fingerprint density at radius 2 is 2.05 bits per heavy atom. The molecule has 0 aliphatic rings. The van der Waals surface area contributed by atoms with Crippen LogP contribution in [0.5, 0.6) is 5.75 Å². The third kappa shape index (κ3) is 7.47. The summed E-state index contributed by atoms with van der Waals surface area (Å²) in [5.41, 5.74) is 1.06. The Morgan fingerprint density at radius 3 is 2.70 bits per heavy atom. The van der Waals surface area contributed by atoms with Gasteiger partial charge in [-0.15, -0.1) is 0 Å². The molecule has 0 fully saturated rings. The molecule has 0 saturated heterocycles. The zero-order valence-corrected chi connectivity index (χ0v) is 12.9. The van der Waals surface area contributed by atoms with E-state index in [-0.39, 0.29) is 11.7 Å². The standard InChI is InChI=1S/C14H23NO4S/c1-12(7-9-20(15,16)17)6-8-19-11-13-4-3-5-14(10-13)18-2/h3-5,10,12H,6-9,11H2,1-2H3,(H2,15,16,17). The molecule has 0 heterocycles. The van der Waals surface area contributed by atoms with Crippen LogP contribution in [0.15, 0.2) is 24.3 Å². The first-order chi connectivity index (χ1) is 9.40. The molecule has 0 aliphatic heterocycles. The Balaban J connectivity index is 2.21. The zero-order chi connectivity index (χ0) is 15.0. The second-order valence-corrected chi connectivity index (χ2v) is 6.69. The maximum Gasteiger partial charge on any atom is 0.209 e. The monoisotopic (exact) mass is 301 g/mol. The van der Waals surface area contributed by atoms with Crippen LogP contribution in [0.3, 0.4) is 0 Å². The third-order valence-corrected chi connectivity index (χ3v) is 3.86. The average molecular weight is 301 g/mol. The molecule has 1 rings (SSSR count). The van der Waals surface area contributed by atoms with E-state index in [1.165, 1.54) is 0 Å². The molecule has 0 radical (unpaired) electrons. The lowest BCUT2D eigenvalue weighted by atomic mass is 10.1. The maximum absolute atomic E-state index is 10.8. The minimum atomic E-state index is -3.36. The molecule has 0 aliphatic carbocycles. The molecule has 1 unspecified atom stereocenters. The summed E-state index contributed by atoms with van der Waals surface area (Å²) in [6.07, 6.45) is 1.39. The van der Waals surface area contributed by atoms with Gasteiger partial charge in [-0.05, 0) is 36.5 Å². The first kappa shape index (κ1) is 16.9. The van der Waals surface area contributed by atoms with Crippen molar-refractivity contribution in [2.75, 3.05) is 19.5 Å². The molecule has 1 atom stereocenters. The number of ether oxygens (including phenoxy) is 2. The smallest absolute Gasteiger partial charge is 0.209 e. The van der Waals surface area contributed by atoms with Gasteiger partial charge in [0.2, 0.25) is 10.0 Å². The summed E-state index contributed by atoms with van der Waals surface area (Å²) >= 11 is 0. The van der Waals surface area contributed by atoms with Crippen molar-refractivity contribution in [1.29, 1.82) is 0 Å². The van der Waals surface area contributed by atoms with Crippen LogP contribution in [0.25, 0.3) is 0 Å². The molecule has 5 nitrogen and oxygen atoms in total. The Hall–Kier alpha value is -1.11. The lowest BCUT2D eigenvalue weighted by Crippen LogP contribution is -2.18. The number of benzene rings is 1. The van der Waals surface area contributed by atoms with Crippen molar-refractivity contribution in [1.82, 2.24) is 0 Å². The lowest BCUT2D eigenvalue weighted by Gasteiger charge is -2.11. The van der Waals surface area contributed by atoms with Gasteiger partial charge in [0.25, 0.3) is 0 Å². The van der Waals surface area contributed by atoms with Crippen molar-refractivity contribution in [2.24, 2.45) is 11.1 Å². The first-order valence-electron chi connectivity index (χ1n) is 6.62. The van der Waals surface area contributed by atoms with E-state index >= 15 is 0 Å². The van der Waals surface area contributed by atoms with Crippen molar-refractivity contribution in [2.45, 2.75) is 26.4 Å². The molecule has 20 heavy (non-hydrogen) atoms. The Kier molecular flexibility index (Phi) is 6.98. The van der Waals surface area contributed by atoms with Gasteiger partial charge in [0.15, 0.2) is 0 Å². The van der Waals surface area contributed by atoms with Crippen LogP contribution < -0.4 is 9.88 Å². The van der Waals surface area contributed by atoms with Gasteiger partial charge in [-0.25, -0.2) is 13.6 Å². The van der Waals surface area contributed by atoms with Crippen molar-refractivity contribution in [3.63, 3.8) is 0 Å². The predicted molar refractivity (Wildman–Crippen MR) is 79.0 cm³/mol. The van der Waals surface area contributed by atoms with Crippen molar-refractivity contribution in [3.05, 3.63) is 29.8 Å². The molecule has 1 aromatic rings. The summed E-state index contributed by atoms with van der Waals surface area (Å²) in [5.74, 6) is 1.12. The molecular weight excluding hydrogens is 278 g/mol. The maximum atomic E-state index is 10.8. The fourth-order valence-electron chi connectivity index (χ4n) is 1.75. The number of rotatable bonds is 9. The molecular formula is C14H23NO4S. The molecule has 6 heteroatoms. The number of hydrogen-bond donors (Lipinski definition) is 1. The predicted octanol–water partition coefficient (Wildman–Crippen LogP) is 1.92. The first-order valence-corrected chi connectivity index (χ1v) is 8.33. The van der Waals surface area contributed by atoms with Gasteiger partial charge in [0.05, 0.1) is 19.5 Å². The van der Waals surface area contributed by atoms with Gasteiger partial charge in [-0.1, -0.05) is 19.1 Å². The summed E-state index contributed by atoms with van der Waals surface area (Å²) in [4.78, 5) is 0. The molecule has 0 amide bonds. The second-order valence-electron chi connectivity index (χ2n) is 4.95. The fourth-order valence-corrected chi connectivity index (χ4v) is 2.48. The van der Waals surface area contributed by atoms with E-state index in [9.17, 15) is 8.42 Å². The van der Waals surface area contributed by atoms with Gasteiger partial charge < -0.3 is 9.47 Å². The van der Waals surface area contributed by atoms with Gasteiger partial charge in [-0.2, -0.15) is 0 Å². The Morgan fingerprint density at radius 1 is 1.30 bits per heavy atom. The third-order valence-electron chi connectivity index (χ3n) is 3.05. The van der Waals surface area contributed by atoms with Gasteiger partial charge >= 0.3 is 0 Å². The van der Waals surface area contributed by atoms with Crippen molar-refractivity contribution >= 4 is 10.0 Å². The number of hydrogen-bond acceptors (Lipinski definition) is 4. The van der Waals surface area contributed by atoms with E-state index in [4.69, 9.17) is 14.6 Å². The molecule has 0 bridgehead atoms. The fraction of sp³-hybridized carbons (Fsp3) is 0.571. The molecule has 0 spiro atoms. The number of primary sulfonamides is 1. The normalized spacial score (nSPS) is 13.2. The molecule has 0 aromatic heterocycles. The van der Waals surface area contributed by atoms with Crippen LogP contribution in [0.2, 0.25) is 0 Å². The Labute approximate surface area is 121 Å². The van der Waals surface area contributed by atoms with Gasteiger partial charge in [0.1, 0.15) is 5.75 Å². The minimum absolute atomic E-state index is 0.0318. The van der Waals surface area contributed by atoms with Crippen LogP contribution in [0.1, 0.15) is 25.3 Å². The molecule has 1 aromatic carbocycles. The largest absolute Gasteiger partial charge is 0.497 e. The zero-order valence-electron chi connectivity index (χ0n) is 12.0. The van der Waals surface area contributed by atoms with E-state index in [1.54, 1.807) is 7.11 Å². The van der Waals surface area contributed by atoms with E-state index in [0.717, 1.165) is 17.7 Å². The van der Waals surface area contributed by atoms with E-state index < -0.39 is 10.0 Å². The summed E-state index contributed by atoms with van der Waals surface area (Å²) < 4.78 is 32.4. The molecule has 0 saturated carbocycles. The SMILES string of the molecule is COc1cccc(COCCC(C)CCS(N)(=O)=O)c1. The van der Waals surface area contributed by atoms with Crippen LogP contribution in [-0.2, 0) is 21.4 Å². The van der Waals surface area contributed by atoms with E-state index in [1.807, 2.05) is 31.2 Å². The van der Waals surface area contributed by atoms with E-state index in [2.05, 4.69) is 0 Å². The number of sulfonamides is 1. The second kappa shape index (κ2) is 8.24. The number of nitrogens with two attached hydrogens (primary N) is 1. The van der Waals surface area contributed by atoms with E-state index in [0.29, 0.717) is 19.6 Å². The minimum Gasteiger partial charge on any atom is -0.497 e.